The molecule has 0 aromatic heterocycles. The van der Waals surface area contributed by atoms with Crippen molar-refractivity contribution in [2.75, 3.05) is 19.6 Å². The lowest BCUT2D eigenvalue weighted by atomic mass is 9.83. The van der Waals surface area contributed by atoms with E-state index in [0.717, 1.165) is 13.0 Å². The highest BCUT2D eigenvalue weighted by molar-refractivity contribution is 5.78. The summed E-state index contributed by atoms with van der Waals surface area (Å²) in [6, 6.07) is -0.238. The first-order valence-corrected chi connectivity index (χ1v) is 7.69. The fraction of sp³-hybridized carbons (Fsp3) is 0.750. The highest BCUT2D eigenvalue weighted by Crippen LogP contribution is 2.31. The number of hydrogen-bond donors (Lipinski definition) is 1. The zero-order chi connectivity index (χ0) is 15.8. The first-order valence-electron chi connectivity index (χ1n) is 7.69. The standard InChI is InChI=1S/C16H26N2O3/c1-11-13(14(19)20)7-10-18(11)15(21)17-8-5-12(6-9-17)16(2,3)4/h5,11,13H,6-10H2,1-4H3,(H,19,20). The van der Waals surface area contributed by atoms with Crippen molar-refractivity contribution < 1.29 is 14.7 Å². The minimum Gasteiger partial charge on any atom is -0.481 e. The number of carbonyl (C=O) groups is 2. The van der Waals surface area contributed by atoms with Gasteiger partial charge in [-0.1, -0.05) is 32.4 Å². The summed E-state index contributed by atoms with van der Waals surface area (Å²) >= 11 is 0. The van der Waals surface area contributed by atoms with Gasteiger partial charge in [0.05, 0.1) is 5.92 Å². The van der Waals surface area contributed by atoms with Gasteiger partial charge in [0.1, 0.15) is 0 Å². The Kier molecular flexibility index (Phi) is 4.30. The molecule has 0 aromatic carbocycles. The third-order valence-corrected chi connectivity index (χ3v) is 4.76. The topological polar surface area (TPSA) is 60.9 Å². The predicted octanol–water partition coefficient (Wildman–Crippen LogP) is 2.58. The van der Waals surface area contributed by atoms with Gasteiger partial charge in [-0.2, -0.15) is 0 Å². The van der Waals surface area contributed by atoms with E-state index in [9.17, 15) is 9.59 Å². The normalized spacial score (nSPS) is 26.8. The SMILES string of the molecule is CC1C(C(=O)O)CCN1C(=O)N1CC=C(C(C)(C)C)CC1. The second-order valence-corrected chi connectivity index (χ2v) is 7.13. The summed E-state index contributed by atoms with van der Waals surface area (Å²) in [4.78, 5) is 27.3. The quantitative estimate of drug-likeness (QED) is 0.756. The molecule has 21 heavy (non-hydrogen) atoms. The van der Waals surface area contributed by atoms with E-state index in [0.29, 0.717) is 19.5 Å². The average molecular weight is 294 g/mol. The van der Waals surface area contributed by atoms with E-state index in [2.05, 4.69) is 26.8 Å². The van der Waals surface area contributed by atoms with Crippen LogP contribution in [0.3, 0.4) is 0 Å². The highest BCUT2D eigenvalue weighted by Gasteiger charge is 2.39. The van der Waals surface area contributed by atoms with Crippen LogP contribution in [-0.2, 0) is 4.79 Å². The van der Waals surface area contributed by atoms with Crippen LogP contribution in [0.4, 0.5) is 4.79 Å². The lowest BCUT2D eigenvalue weighted by molar-refractivity contribution is -0.142. The van der Waals surface area contributed by atoms with Crippen LogP contribution in [0.1, 0.15) is 40.5 Å². The van der Waals surface area contributed by atoms with Crippen molar-refractivity contribution in [3.63, 3.8) is 0 Å². The van der Waals surface area contributed by atoms with E-state index >= 15 is 0 Å². The van der Waals surface area contributed by atoms with Crippen LogP contribution in [0, 0.1) is 11.3 Å². The molecular weight excluding hydrogens is 268 g/mol. The summed E-state index contributed by atoms with van der Waals surface area (Å²) in [5.74, 6) is -1.23. The van der Waals surface area contributed by atoms with Crippen molar-refractivity contribution in [3.8, 4) is 0 Å². The molecule has 2 aliphatic rings. The van der Waals surface area contributed by atoms with Crippen molar-refractivity contribution >= 4 is 12.0 Å². The highest BCUT2D eigenvalue weighted by atomic mass is 16.4. The molecule has 2 rings (SSSR count). The van der Waals surface area contributed by atoms with Gasteiger partial charge >= 0.3 is 12.0 Å². The van der Waals surface area contributed by atoms with Gasteiger partial charge in [0.2, 0.25) is 0 Å². The van der Waals surface area contributed by atoms with E-state index in [-0.39, 0.29) is 17.5 Å². The monoisotopic (exact) mass is 294 g/mol. The first-order chi connectivity index (χ1) is 9.71. The molecule has 1 fully saturated rings. The number of carbonyl (C=O) groups excluding carboxylic acids is 1. The summed E-state index contributed by atoms with van der Waals surface area (Å²) in [5, 5.41) is 9.16. The van der Waals surface area contributed by atoms with Crippen LogP contribution in [0.5, 0.6) is 0 Å². The summed E-state index contributed by atoms with van der Waals surface area (Å²) < 4.78 is 0. The van der Waals surface area contributed by atoms with Crippen molar-refractivity contribution in [1.29, 1.82) is 0 Å². The minimum atomic E-state index is -0.800. The molecule has 0 saturated carbocycles. The zero-order valence-electron chi connectivity index (χ0n) is 13.4. The van der Waals surface area contributed by atoms with Gasteiger partial charge in [0, 0.05) is 25.7 Å². The maximum Gasteiger partial charge on any atom is 0.320 e. The van der Waals surface area contributed by atoms with Crippen LogP contribution >= 0.6 is 0 Å². The van der Waals surface area contributed by atoms with Crippen molar-refractivity contribution in [3.05, 3.63) is 11.6 Å². The summed E-state index contributed by atoms with van der Waals surface area (Å²) in [7, 11) is 0. The zero-order valence-corrected chi connectivity index (χ0v) is 13.4. The fourth-order valence-corrected chi connectivity index (χ4v) is 3.25. The number of aliphatic carboxylic acids is 1. The van der Waals surface area contributed by atoms with Gasteiger partial charge in [0.15, 0.2) is 0 Å². The minimum absolute atomic E-state index is 0.0181. The first kappa shape index (κ1) is 15.9. The Morgan fingerprint density at radius 1 is 1.29 bits per heavy atom. The molecule has 2 atom stereocenters. The van der Waals surface area contributed by atoms with E-state index in [4.69, 9.17) is 5.11 Å². The average Bonchev–Trinajstić information content (AvgIpc) is 2.79. The number of hydrogen-bond acceptors (Lipinski definition) is 2. The largest absolute Gasteiger partial charge is 0.481 e. The van der Waals surface area contributed by atoms with Crippen LogP contribution in [0.2, 0.25) is 0 Å². The second kappa shape index (κ2) is 5.70. The van der Waals surface area contributed by atoms with Crippen LogP contribution in [0.15, 0.2) is 11.6 Å². The third-order valence-electron chi connectivity index (χ3n) is 4.76. The lowest BCUT2D eigenvalue weighted by Gasteiger charge is -2.35. The maximum absolute atomic E-state index is 12.6. The summed E-state index contributed by atoms with van der Waals surface area (Å²) in [5.41, 5.74) is 1.55. The number of rotatable bonds is 1. The van der Waals surface area contributed by atoms with Gasteiger partial charge < -0.3 is 14.9 Å². The van der Waals surface area contributed by atoms with E-state index in [1.54, 1.807) is 4.90 Å². The molecule has 1 saturated heterocycles. The molecule has 0 spiro atoms. The van der Waals surface area contributed by atoms with Crippen LogP contribution < -0.4 is 0 Å². The maximum atomic E-state index is 12.6. The number of amides is 2. The van der Waals surface area contributed by atoms with Gasteiger partial charge in [-0.25, -0.2) is 4.79 Å². The Labute approximate surface area is 126 Å². The van der Waals surface area contributed by atoms with Crippen molar-refractivity contribution in [1.82, 2.24) is 9.80 Å². The molecule has 2 aliphatic heterocycles. The molecular formula is C16H26N2O3. The third kappa shape index (κ3) is 3.22. The molecule has 0 aliphatic carbocycles. The van der Waals surface area contributed by atoms with E-state index < -0.39 is 11.9 Å². The van der Waals surface area contributed by atoms with Crippen molar-refractivity contribution in [2.45, 2.75) is 46.6 Å². The Morgan fingerprint density at radius 2 is 1.95 bits per heavy atom. The predicted molar refractivity (Wildman–Crippen MR) is 81.0 cm³/mol. The molecule has 0 radical (unpaired) electrons. The van der Waals surface area contributed by atoms with Crippen LogP contribution in [0.25, 0.3) is 0 Å². The van der Waals surface area contributed by atoms with E-state index in [1.165, 1.54) is 5.57 Å². The Balaban J connectivity index is 2.00. The number of carboxylic acids is 1. The summed E-state index contributed by atoms with van der Waals surface area (Å²) in [6.07, 6.45) is 3.61. The smallest absolute Gasteiger partial charge is 0.320 e. The lowest BCUT2D eigenvalue weighted by Crippen LogP contribution is -2.47. The number of carboxylic acid groups (broad SMARTS) is 1. The van der Waals surface area contributed by atoms with Crippen LogP contribution in [-0.4, -0.2) is 52.6 Å². The second-order valence-electron chi connectivity index (χ2n) is 7.13. The van der Waals surface area contributed by atoms with Gasteiger partial charge in [-0.05, 0) is 25.2 Å². The van der Waals surface area contributed by atoms with Gasteiger partial charge in [-0.3, -0.25) is 4.79 Å². The molecule has 5 nitrogen and oxygen atoms in total. The summed E-state index contributed by atoms with van der Waals surface area (Å²) in [6.45, 7) is 10.3. The molecule has 2 unspecified atom stereocenters. The molecule has 2 amide bonds. The Morgan fingerprint density at radius 3 is 2.38 bits per heavy atom. The molecule has 0 bridgehead atoms. The fourth-order valence-electron chi connectivity index (χ4n) is 3.25. The Hall–Kier alpha value is -1.52. The molecule has 1 N–H and O–H groups in total. The molecule has 5 heteroatoms. The molecule has 2 heterocycles. The van der Waals surface area contributed by atoms with Crippen molar-refractivity contribution in [2.24, 2.45) is 11.3 Å². The number of urea groups is 1. The van der Waals surface area contributed by atoms with Gasteiger partial charge in [-0.15, -0.1) is 0 Å². The number of nitrogens with zero attached hydrogens (tertiary/aromatic N) is 2. The molecule has 0 aromatic rings. The number of likely N-dealkylation sites (tertiary alicyclic amines) is 1. The van der Waals surface area contributed by atoms with Gasteiger partial charge in [0.25, 0.3) is 0 Å². The Bertz CT molecular complexity index is 465. The molecule has 118 valence electrons. The van der Waals surface area contributed by atoms with E-state index in [1.807, 2.05) is 11.8 Å².